The first kappa shape index (κ1) is 25.2. The molecule has 0 radical (unpaired) electrons. The molecule has 0 saturated heterocycles. The molecule has 2 aromatic carbocycles. The average molecular weight is 488 g/mol. The average Bonchev–Trinajstić information content (AvgIpc) is 3.54. The number of carbonyl (C=O) groups is 1. The van der Waals surface area contributed by atoms with Gasteiger partial charge in [0.25, 0.3) is 5.91 Å². The Bertz CT molecular complexity index is 1320. The van der Waals surface area contributed by atoms with Gasteiger partial charge in [0.05, 0.1) is 6.54 Å². The Morgan fingerprint density at radius 2 is 1.69 bits per heavy atom. The van der Waals surface area contributed by atoms with Crippen LogP contribution < -0.4 is 5.69 Å². The van der Waals surface area contributed by atoms with Gasteiger partial charge in [0.1, 0.15) is 5.82 Å². The fraction of sp³-hybridized carbons (Fsp3) is 0.407. The lowest BCUT2D eigenvalue weighted by molar-refractivity contribution is 0.0880. The van der Waals surface area contributed by atoms with Crippen LogP contribution in [0.1, 0.15) is 75.0 Å². The molecule has 188 valence electrons. The van der Waals surface area contributed by atoms with Gasteiger partial charge in [-0.05, 0) is 40.8 Å². The monoisotopic (exact) mass is 487 g/mol. The van der Waals surface area contributed by atoms with Gasteiger partial charge in [0.15, 0.2) is 0 Å². The van der Waals surface area contributed by atoms with E-state index >= 15 is 0 Å². The molecular formula is C27H33N7O2. The summed E-state index contributed by atoms with van der Waals surface area (Å²) < 4.78 is 2.71. The topological polar surface area (TPSA) is 111 Å². The molecule has 0 atom stereocenters. The van der Waals surface area contributed by atoms with E-state index in [1.54, 1.807) is 4.57 Å². The quantitative estimate of drug-likeness (QED) is 0.285. The van der Waals surface area contributed by atoms with Gasteiger partial charge in [-0.15, -0.1) is 20.0 Å². The molecule has 0 aliphatic heterocycles. The highest BCUT2D eigenvalue weighted by molar-refractivity contribution is 5.77. The van der Waals surface area contributed by atoms with Gasteiger partial charge in [-0.25, -0.2) is 4.79 Å². The van der Waals surface area contributed by atoms with Crippen molar-refractivity contribution in [3.8, 4) is 22.5 Å². The summed E-state index contributed by atoms with van der Waals surface area (Å²) in [6, 6.07) is 16.0. The fourth-order valence-electron chi connectivity index (χ4n) is 4.26. The van der Waals surface area contributed by atoms with Gasteiger partial charge < -0.3 is 0 Å². The van der Waals surface area contributed by atoms with E-state index in [1.807, 2.05) is 55.5 Å². The van der Waals surface area contributed by atoms with Crippen LogP contribution in [0.15, 0.2) is 53.3 Å². The smallest absolute Gasteiger partial charge is 0.274 e. The Labute approximate surface area is 210 Å². The second-order valence-corrected chi connectivity index (χ2v) is 9.02. The van der Waals surface area contributed by atoms with Gasteiger partial charge in [-0.3, -0.25) is 9.36 Å². The molecule has 0 saturated carbocycles. The van der Waals surface area contributed by atoms with Gasteiger partial charge in [0, 0.05) is 18.4 Å². The van der Waals surface area contributed by atoms with Crippen molar-refractivity contribution in [2.45, 2.75) is 71.8 Å². The number of aromatic nitrogens is 7. The lowest BCUT2D eigenvalue weighted by atomic mass is 10.0. The molecule has 0 fully saturated rings. The van der Waals surface area contributed by atoms with Crippen LogP contribution in [-0.2, 0) is 13.0 Å². The lowest BCUT2D eigenvalue weighted by Gasteiger charge is -2.08. The number of unbranched alkanes of at least 4 members (excludes halogenated alkanes) is 4. The highest BCUT2D eigenvalue weighted by atomic mass is 16.2. The third-order valence-corrected chi connectivity index (χ3v) is 6.24. The molecule has 2 aromatic heterocycles. The van der Waals surface area contributed by atoms with Crippen molar-refractivity contribution in [3.05, 3.63) is 70.4 Å². The predicted octanol–water partition coefficient (Wildman–Crippen LogP) is 4.89. The van der Waals surface area contributed by atoms with Crippen molar-refractivity contribution in [1.29, 1.82) is 0 Å². The van der Waals surface area contributed by atoms with Crippen LogP contribution in [0.25, 0.3) is 22.5 Å². The predicted molar refractivity (Wildman–Crippen MR) is 139 cm³/mol. The number of carbonyl (C=O) groups excluding carboxylic acids is 1. The number of nitrogens with one attached hydrogen (secondary N) is 1. The Morgan fingerprint density at radius 1 is 0.917 bits per heavy atom. The fourth-order valence-corrected chi connectivity index (χ4v) is 4.26. The van der Waals surface area contributed by atoms with E-state index in [1.165, 1.54) is 19.3 Å². The summed E-state index contributed by atoms with van der Waals surface area (Å²) in [6.07, 6.45) is 7.29. The highest BCUT2D eigenvalue weighted by Gasteiger charge is 2.18. The number of aryl methyl sites for hydroxylation is 1. The van der Waals surface area contributed by atoms with Crippen molar-refractivity contribution in [2.75, 3.05) is 0 Å². The van der Waals surface area contributed by atoms with Crippen molar-refractivity contribution in [1.82, 2.24) is 35.0 Å². The minimum atomic E-state index is -0.353. The molecule has 9 heteroatoms. The summed E-state index contributed by atoms with van der Waals surface area (Å²) in [7, 11) is 0. The first-order valence-corrected chi connectivity index (χ1v) is 12.8. The van der Waals surface area contributed by atoms with Crippen molar-refractivity contribution in [3.63, 3.8) is 0 Å². The molecule has 4 aromatic rings. The third kappa shape index (κ3) is 6.02. The van der Waals surface area contributed by atoms with Crippen LogP contribution in [0.4, 0.5) is 0 Å². The van der Waals surface area contributed by atoms with E-state index in [0.717, 1.165) is 39.8 Å². The molecule has 0 spiro atoms. The molecule has 2 heterocycles. The summed E-state index contributed by atoms with van der Waals surface area (Å²) in [4.78, 5) is 25.6. The molecule has 36 heavy (non-hydrogen) atoms. The highest BCUT2D eigenvalue weighted by Crippen LogP contribution is 2.24. The molecule has 1 N–H and O–H groups in total. The SMILES string of the molecule is CCCCCCCc1nn(C(=O)CCC)c(=O)n1Cc1ccc(-c2cccc(-c3nn[nH]n3)c2)cc1. The van der Waals surface area contributed by atoms with E-state index in [4.69, 9.17) is 0 Å². The third-order valence-electron chi connectivity index (χ3n) is 6.24. The minimum absolute atomic E-state index is 0.245. The van der Waals surface area contributed by atoms with Crippen LogP contribution >= 0.6 is 0 Å². The van der Waals surface area contributed by atoms with Gasteiger partial charge in [0.2, 0.25) is 5.82 Å². The van der Waals surface area contributed by atoms with Crippen LogP contribution in [0.3, 0.4) is 0 Å². The number of hydrogen-bond donors (Lipinski definition) is 1. The number of nitrogens with zero attached hydrogens (tertiary/aromatic N) is 6. The molecule has 0 amide bonds. The summed E-state index contributed by atoms with van der Waals surface area (Å²) in [6.45, 7) is 4.49. The molecule has 0 bridgehead atoms. The molecule has 4 rings (SSSR count). The van der Waals surface area contributed by atoms with E-state index < -0.39 is 0 Å². The number of aromatic amines is 1. The summed E-state index contributed by atoms with van der Waals surface area (Å²) in [5.74, 6) is 0.979. The van der Waals surface area contributed by atoms with Crippen molar-refractivity contribution >= 4 is 5.91 Å². The molecule has 0 unspecified atom stereocenters. The first-order valence-electron chi connectivity index (χ1n) is 12.8. The minimum Gasteiger partial charge on any atom is -0.274 e. The summed E-state index contributed by atoms with van der Waals surface area (Å²) >= 11 is 0. The summed E-state index contributed by atoms with van der Waals surface area (Å²) in [5.41, 5.74) is 3.58. The van der Waals surface area contributed by atoms with Crippen molar-refractivity contribution < 1.29 is 4.79 Å². The number of tetrazole rings is 1. The maximum Gasteiger partial charge on any atom is 0.353 e. The maximum absolute atomic E-state index is 13.1. The largest absolute Gasteiger partial charge is 0.353 e. The maximum atomic E-state index is 13.1. The number of H-pyrrole nitrogens is 1. The Kier molecular flexibility index (Phi) is 8.54. The second-order valence-electron chi connectivity index (χ2n) is 9.02. The normalized spacial score (nSPS) is 11.2. The lowest BCUT2D eigenvalue weighted by Crippen LogP contribution is -2.30. The van der Waals surface area contributed by atoms with Gasteiger partial charge >= 0.3 is 5.69 Å². The second kappa shape index (κ2) is 12.2. The van der Waals surface area contributed by atoms with Crippen LogP contribution in [0.2, 0.25) is 0 Å². The molecule has 9 nitrogen and oxygen atoms in total. The first-order chi connectivity index (χ1) is 17.6. The van der Waals surface area contributed by atoms with E-state index in [2.05, 4.69) is 32.6 Å². The number of rotatable bonds is 12. The van der Waals surface area contributed by atoms with Gasteiger partial charge in [-0.2, -0.15) is 5.21 Å². The summed E-state index contributed by atoms with van der Waals surface area (Å²) in [5, 5.41) is 18.6. The zero-order valence-electron chi connectivity index (χ0n) is 21.0. The Hall–Kier alpha value is -3.88. The van der Waals surface area contributed by atoms with E-state index in [0.29, 0.717) is 37.5 Å². The zero-order chi connectivity index (χ0) is 25.3. The Balaban J connectivity index is 1.54. The molecular weight excluding hydrogens is 454 g/mol. The number of hydrogen-bond acceptors (Lipinski definition) is 6. The van der Waals surface area contributed by atoms with E-state index in [-0.39, 0.29) is 11.6 Å². The van der Waals surface area contributed by atoms with Crippen LogP contribution in [-0.4, -0.2) is 40.9 Å². The number of benzene rings is 2. The van der Waals surface area contributed by atoms with Gasteiger partial charge in [-0.1, -0.05) is 82.0 Å². The standard InChI is InChI=1S/C27H33N7O2/c1-3-5-6-7-8-13-24-30-34(25(35)10-4-2)27(36)33(24)19-20-14-16-21(17-15-20)22-11-9-12-23(18-22)26-28-31-32-29-26/h9,11-12,14-18H,3-8,10,13,19H2,1-2H3,(H,28,29,31,32). The molecule has 0 aliphatic rings. The van der Waals surface area contributed by atoms with Crippen LogP contribution in [0.5, 0.6) is 0 Å². The van der Waals surface area contributed by atoms with Crippen LogP contribution in [0, 0.1) is 0 Å². The van der Waals surface area contributed by atoms with Crippen molar-refractivity contribution in [2.24, 2.45) is 0 Å². The Morgan fingerprint density at radius 3 is 2.42 bits per heavy atom. The molecule has 0 aliphatic carbocycles. The zero-order valence-corrected chi connectivity index (χ0v) is 21.0. The van der Waals surface area contributed by atoms with E-state index in [9.17, 15) is 9.59 Å².